The first-order valence-electron chi connectivity index (χ1n) is 8.58. The molecular weight excluding hydrogens is 256 g/mol. The summed E-state index contributed by atoms with van der Waals surface area (Å²) in [5.74, 6) is 0. The van der Waals surface area contributed by atoms with Crippen LogP contribution >= 0.6 is 0 Å². The third-order valence-electron chi connectivity index (χ3n) is 4.71. The van der Waals surface area contributed by atoms with E-state index < -0.39 is 0 Å². The van der Waals surface area contributed by atoms with Crippen molar-refractivity contribution in [2.75, 3.05) is 13.1 Å². The van der Waals surface area contributed by atoms with Gasteiger partial charge in [-0.1, -0.05) is 31.4 Å². The van der Waals surface area contributed by atoms with Crippen molar-refractivity contribution in [2.24, 2.45) is 0 Å². The Kier molecular flexibility index (Phi) is 4.64. The molecule has 114 valence electrons. The van der Waals surface area contributed by atoms with Crippen LogP contribution in [0.25, 0.3) is 10.9 Å². The molecule has 0 bridgehead atoms. The Morgan fingerprint density at radius 2 is 1.90 bits per heavy atom. The number of benzene rings is 1. The van der Waals surface area contributed by atoms with Gasteiger partial charge in [0.1, 0.15) is 0 Å². The van der Waals surface area contributed by atoms with E-state index >= 15 is 0 Å². The van der Waals surface area contributed by atoms with Crippen molar-refractivity contribution in [3.05, 3.63) is 35.5 Å². The summed E-state index contributed by atoms with van der Waals surface area (Å²) < 4.78 is 2.47. The first kappa shape index (κ1) is 14.6. The fraction of sp³-hybridized carbons (Fsp3) is 0.579. The summed E-state index contributed by atoms with van der Waals surface area (Å²) in [5.41, 5.74) is 4.31. The van der Waals surface area contributed by atoms with Gasteiger partial charge in [-0.05, 0) is 57.0 Å². The van der Waals surface area contributed by atoms with Crippen molar-refractivity contribution >= 4 is 10.9 Å². The Labute approximate surface area is 128 Å². The minimum atomic E-state index is 1.12. The lowest BCUT2D eigenvalue weighted by Gasteiger charge is -2.26. The van der Waals surface area contributed by atoms with Gasteiger partial charge in [0, 0.05) is 30.2 Å². The Bertz CT molecular complexity index is 591. The van der Waals surface area contributed by atoms with Crippen molar-refractivity contribution in [1.82, 2.24) is 9.47 Å². The van der Waals surface area contributed by atoms with E-state index in [-0.39, 0.29) is 0 Å². The zero-order chi connectivity index (χ0) is 14.7. The third-order valence-corrected chi connectivity index (χ3v) is 4.71. The molecule has 0 radical (unpaired) electrons. The second-order valence-electron chi connectivity index (χ2n) is 6.56. The molecule has 0 N–H and O–H groups in total. The summed E-state index contributed by atoms with van der Waals surface area (Å²) in [6.45, 7) is 9.29. The molecule has 1 aliphatic rings. The van der Waals surface area contributed by atoms with E-state index in [4.69, 9.17) is 0 Å². The molecule has 2 heteroatoms. The molecule has 2 nitrogen and oxygen atoms in total. The molecule has 0 aliphatic carbocycles. The summed E-state index contributed by atoms with van der Waals surface area (Å²) >= 11 is 0. The molecular formula is C19H28N2. The number of aryl methyl sites for hydroxylation is 2. The van der Waals surface area contributed by atoms with Gasteiger partial charge in [0.05, 0.1) is 0 Å². The van der Waals surface area contributed by atoms with Gasteiger partial charge < -0.3 is 4.57 Å². The van der Waals surface area contributed by atoms with Crippen LogP contribution in [-0.2, 0) is 13.1 Å². The minimum Gasteiger partial charge on any atom is -0.347 e. The number of piperidine rings is 1. The minimum absolute atomic E-state index is 1.12. The van der Waals surface area contributed by atoms with Gasteiger partial charge >= 0.3 is 0 Å². The second-order valence-corrected chi connectivity index (χ2v) is 6.56. The molecule has 21 heavy (non-hydrogen) atoms. The summed E-state index contributed by atoms with van der Waals surface area (Å²) in [7, 11) is 0. The van der Waals surface area contributed by atoms with Gasteiger partial charge in [0.2, 0.25) is 0 Å². The summed E-state index contributed by atoms with van der Waals surface area (Å²) in [5, 5.41) is 1.47. The molecule has 0 spiro atoms. The fourth-order valence-electron chi connectivity index (χ4n) is 3.48. The van der Waals surface area contributed by atoms with E-state index in [1.165, 1.54) is 67.2 Å². The summed E-state index contributed by atoms with van der Waals surface area (Å²) in [6.07, 6.45) is 9.08. The maximum atomic E-state index is 2.63. The number of fused-ring (bicyclic) bond motifs is 1. The summed E-state index contributed by atoms with van der Waals surface area (Å²) in [6, 6.07) is 6.92. The molecule has 0 saturated carbocycles. The number of nitrogens with zero attached hydrogens (tertiary/aromatic N) is 2. The van der Waals surface area contributed by atoms with Crippen LogP contribution in [0.4, 0.5) is 0 Å². The molecule has 1 saturated heterocycles. The highest BCUT2D eigenvalue weighted by Crippen LogP contribution is 2.25. The van der Waals surface area contributed by atoms with E-state index in [1.807, 2.05) is 0 Å². The van der Waals surface area contributed by atoms with Crippen molar-refractivity contribution in [3.8, 4) is 0 Å². The molecule has 1 aromatic carbocycles. The van der Waals surface area contributed by atoms with Gasteiger partial charge in [-0.25, -0.2) is 0 Å². The number of rotatable bonds is 5. The van der Waals surface area contributed by atoms with Crippen molar-refractivity contribution < 1.29 is 0 Å². The van der Waals surface area contributed by atoms with E-state index in [1.54, 1.807) is 0 Å². The van der Waals surface area contributed by atoms with E-state index in [9.17, 15) is 0 Å². The molecule has 3 rings (SSSR count). The van der Waals surface area contributed by atoms with Gasteiger partial charge in [0.15, 0.2) is 0 Å². The van der Waals surface area contributed by atoms with Crippen LogP contribution in [-0.4, -0.2) is 22.6 Å². The average Bonchev–Trinajstić information content (AvgIpc) is 2.83. The highest BCUT2D eigenvalue weighted by Gasteiger charge is 2.14. The van der Waals surface area contributed by atoms with Crippen LogP contribution in [0.15, 0.2) is 24.4 Å². The second kappa shape index (κ2) is 6.65. The molecule has 0 amide bonds. The topological polar surface area (TPSA) is 8.17 Å². The maximum absolute atomic E-state index is 2.63. The molecule has 0 atom stereocenters. The molecule has 1 fully saturated rings. The number of hydrogen-bond donors (Lipinski definition) is 0. The monoisotopic (exact) mass is 284 g/mol. The number of unbranched alkanes of at least 4 members (excludes halogenated alkanes) is 1. The van der Waals surface area contributed by atoms with E-state index in [0.29, 0.717) is 0 Å². The number of hydrogen-bond acceptors (Lipinski definition) is 1. The molecule has 1 aromatic heterocycles. The Balaban J connectivity index is 1.90. The van der Waals surface area contributed by atoms with Crippen LogP contribution in [0.3, 0.4) is 0 Å². The quantitative estimate of drug-likeness (QED) is 0.770. The van der Waals surface area contributed by atoms with Crippen molar-refractivity contribution in [2.45, 2.75) is 59.0 Å². The highest BCUT2D eigenvalue weighted by atomic mass is 15.1. The first-order valence-corrected chi connectivity index (χ1v) is 8.58. The zero-order valence-corrected chi connectivity index (χ0v) is 13.6. The lowest BCUT2D eigenvalue weighted by molar-refractivity contribution is 0.221. The van der Waals surface area contributed by atoms with Crippen LogP contribution < -0.4 is 0 Å². The van der Waals surface area contributed by atoms with E-state index in [0.717, 1.165) is 13.1 Å². The molecule has 0 unspecified atom stereocenters. The first-order chi connectivity index (χ1) is 10.3. The van der Waals surface area contributed by atoms with Crippen LogP contribution in [0.1, 0.15) is 50.2 Å². The lowest BCUT2D eigenvalue weighted by atomic mass is 10.1. The van der Waals surface area contributed by atoms with Crippen LogP contribution in [0, 0.1) is 6.92 Å². The van der Waals surface area contributed by atoms with Crippen molar-refractivity contribution in [1.29, 1.82) is 0 Å². The number of aromatic nitrogens is 1. The van der Waals surface area contributed by atoms with E-state index in [2.05, 4.69) is 47.7 Å². The van der Waals surface area contributed by atoms with Gasteiger partial charge in [-0.2, -0.15) is 0 Å². The van der Waals surface area contributed by atoms with Crippen molar-refractivity contribution in [3.63, 3.8) is 0 Å². The smallest absolute Gasteiger partial charge is 0.0483 e. The van der Waals surface area contributed by atoms with Crippen LogP contribution in [0.2, 0.25) is 0 Å². The third kappa shape index (κ3) is 3.32. The summed E-state index contributed by atoms with van der Waals surface area (Å²) in [4.78, 5) is 2.63. The predicted octanol–water partition coefficient (Wildman–Crippen LogP) is 4.74. The van der Waals surface area contributed by atoms with Gasteiger partial charge in [-0.15, -0.1) is 0 Å². The maximum Gasteiger partial charge on any atom is 0.0483 e. The largest absolute Gasteiger partial charge is 0.347 e. The Hall–Kier alpha value is -1.28. The average molecular weight is 284 g/mol. The van der Waals surface area contributed by atoms with Gasteiger partial charge in [-0.3, -0.25) is 4.90 Å². The predicted molar refractivity (Wildman–Crippen MR) is 90.7 cm³/mol. The molecule has 1 aliphatic heterocycles. The SMILES string of the molecule is CCCCn1cc(CN2CCCCC2)c2cc(C)ccc21. The Morgan fingerprint density at radius 3 is 2.67 bits per heavy atom. The van der Waals surface area contributed by atoms with Gasteiger partial charge in [0.25, 0.3) is 0 Å². The number of likely N-dealkylation sites (tertiary alicyclic amines) is 1. The normalized spacial score (nSPS) is 16.7. The molecule has 2 aromatic rings. The Morgan fingerprint density at radius 1 is 1.10 bits per heavy atom. The zero-order valence-electron chi connectivity index (χ0n) is 13.6. The molecule has 2 heterocycles. The standard InChI is InChI=1S/C19H28N2/c1-3-4-12-21-15-17(14-20-10-6-5-7-11-20)18-13-16(2)8-9-19(18)21/h8-9,13,15H,3-7,10-12,14H2,1-2H3. The lowest BCUT2D eigenvalue weighted by Crippen LogP contribution is -2.28. The van der Waals surface area contributed by atoms with Crippen LogP contribution in [0.5, 0.6) is 0 Å². The fourth-order valence-corrected chi connectivity index (χ4v) is 3.48. The highest BCUT2D eigenvalue weighted by molar-refractivity contribution is 5.84.